The maximum Gasteiger partial charge on any atom is 0.227 e. The number of carbonyl (C=O) groups is 2. The Morgan fingerprint density at radius 1 is 1.30 bits per heavy atom. The highest BCUT2D eigenvalue weighted by molar-refractivity contribution is 5.83. The van der Waals surface area contributed by atoms with Crippen molar-refractivity contribution >= 4 is 11.8 Å². The second kappa shape index (κ2) is 8.25. The Hall–Kier alpha value is -1.10. The highest BCUT2D eigenvalue weighted by atomic mass is 16.2. The van der Waals surface area contributed by atoms with E-state index in [1.54, 1.807) is 0 Å². The predicted octanol–water partition coefficient (Wildman–Crippen LogP) is 1.04. The lowest BCUT2D eigenvalue weighted by molar-refractivity contribution is -0.132. The predicted molar refractivity (Wildman–Crippen MR) is 80.3 cm³/mol. The number of nitrogens with one attached hydrogen (secondary N) is 3. The molecule has 0 aromatic heterocycles. The Balaban J connectivity index is 2.29. The molecule has 0 aromatic carbocycles. The molecule has 20 heavy (non-hydrogen) atoms. The van der Waals surface area contributed by atoms with Crippen molar-refractivity contribution in [1.82, 2.24) is 16.0 Å². The van der Waals surface area contributed by atoms with E-state index in [-0.39, 0.29) is 17.2 Å². The highest BCUT2D eigenvalue weighted by Crippen LogP contribution is 2.30. The molecule has 5 nitrogen and oxygen atoms in total. The summed E-state index contributed by atoms with van der Waals surface area (Å²) in [6, 6.07) is 0. The van der Waals surface area contributed by atoms with Crippen molar-refractivity contribution in [2.75, 3.05) is 26.2 Å². The summed E-state index contributed by atoms with van der Waals surface area (Å²) in [6.07, 6.45) is 3.16. The van der Waals surface area contributed by atoms with Crippen LogP contribution >= 0.6 is 0 Å². The van der Waals surface area contributed by atoms with Gasteiger partial charge in [0, 0.05) is 26.1 Å². The summed E-state index contributed by atoms with van der Waals surface area (Å²) < 4.78 is 0. The van der Waals surface area contributed by atoms with E-state index in [1.165, 1.54) is 0 Å². The molecule has 1 rings (SSSR count). The first-order valence-corrected chi connectivity index (χ1v) is 7.76. The molecule has 0 spiro atoms. The molecule has 116 valence electrons. The third-order valence-electron chi connectivity index (χ3n) is 3.98. The Bertz CT molecular complexity index is 323. The lowest BCUT2D eigenvalue weighted by Gasteiger charge is -2.35. The molecular weight excluding hydrogens is 254 g/mol. The minimum absolute atomic E-state index is 0.00585. The molecule has 0 bridgehead atoms. The van der Waals surface area contributed by atoms with Crippen LogP contribution in [0.15, 0.2) is 0 Å². The van der Waals surface area contributed by atoms with Crippen LogP contribution in [-0.2, 0) is 9.59 Å². The van der Waals surface area contributed by atoms with E-state index < -0.39 is 0 Å². The van der Waals surface area contributed by atoms with E-state index >= 15 is 0 Å². The molecule has 1 aliphatic heterocycles. The number of hydrogen-bond donors (Lipinski definition) is 3. The Labute approximate surface area is 122 Å². The maximum atomic E-state index is 12.3. The summed E-state index contributed by atoms with van der Waals surface area (Å²) in [5, 5.41) is 9.08. The van der Waals surface area contributed by atoms with Crippen molar-refractivity contribution in [3.63, 3.8) is 0 Å². The van der Waals surface area contributed by atoms with Crippen LogP contribution in [0.5, 0.6) is 0 Å². The van der Waals surface area contributed by atoms with Crippen molar-refractivity contribution < 1.29 is 9.59 Å². The van der Waals surface area contributed by atoms with E-state index in [9.17, 15) is 9.59 Å². The van der Waals surface area contributed by atoms with Crippen LogP contribution < -0.4 is 16.0 Å². The second-order valence-electron chi connectivity index (χ2n) is 6.12. The molecule has 2 amide bonds. The van der Waals surface area contributed by atoms with Crippen molar-refractivity contribution in [3.05, 3.63) is 0 Å². The van der Waals surface area contributed by atoms with Crippen LogP contribution in [0.4, 0.5) is 0 Å². The summed E-state index contributed by atoms with van der Waals surface area (Å²) in [6.45, 7) is 9.02. The average Bonchev–Trinajstić information content (AvgIpc) is 2.45. The first-order chi connectivity index (χ1) is 9.50. The quantitative estimate of drug-likeness (QED) is 0.654. The van der Waals surface area contributed by atoms with E-state index in [4.69, 9.17) is 0 Å². The summed E-state index contributed by atoms with van der Waals surface area (Å²) >= 11 is 0. The summed E-state index contributed by atoms with van der Waals surface area (Å²) in [7, 11) is 0. The number of carbonyl (C=O) groups excluding carboxylic acids is 2. The van der Waals surface area contributed by atoms with Gasteiger partial charge in [0.05, 0.1) is 5.41 Å². The smallest absolute Gasteiger partial charge is 0.227 e. The maximum absolute atomic E-state index is 12.3. The molecule has 0 aromatic rings. The monoisotopic (exact) mass is 283 g/mol. The van der Waals surface area contributed by atoms with Crippen LogP contribution in [0.1, 0.15) is 46.5 Å². The third kappa shape index (κ3) is 5.12. The normalized spacial score (nSPS) is 22.6. The summed E-state index contributed by atoms with van der Waals surface area (Å²) in [5.74, 6) is 0.542. The first kappa shape index (κ1) is 17.0. The minimum atomic E-state index is -0.285. The zero-order valence-corrected chi connectivity index (χ0v) is 13.1. The molecule has 1 unspecified atom stereocenters. The van der Waals surface area contributed by atoms with Gasteiger partial charge in [0.2, 0.25) is 11.8 Å². The van der Waals surface area contributed by atoms with Crippen LogP contribution in [0.3, 0.4) is 0 Å². The molecule has 0 aliphatic carbocycles. The molecule has 0 saturated carbocycles. The number of amides is 2. The first-order valence-electron chi connectivity index (χ1n) is 7.76. The molecular formula is C15H29N3O2. The summed E-state index contributed by atoms with van der Waals surface area (Å²) in [4.78, 5) is 23.9. The van der Waals surface area contributed by atoms with E-state index in [0.717, 1.165) is 32.4 Å². The molecule has 1 fully saturated rings. The van der Waals surface area contributed by atoms with E-state index in [1.807, 2.05) is 0 Å². The third-order valence-corrected chi connectivity index (χ3v) is 3.98. The molecule has 1 atom stereocenters. The molecule has 5 heteroatoms. The molecule has 0 radical (unpaired) electrons. The van der Waals surface area contributed by atoms with Gasteiger partial charge < -0.3 is 16.0 Å². The van der Waals surface area contributed by atoms with Crippen LogP contribution in [0.2, 0.25) is 0 Å². The van der Waals surface area contributed by atoms with Gasteiger partial charge in [-0.25, -0.2) is 0 Å². The van der Waals surface area contributed by atoms with Gasteiger partial charge in [-0.15, -0.1) is 0 Å². The van der Waals surface area contributed by atoms with E-state index in [2.05, 4.69) is 36.7 Å². The van der Waals surface area contributed by atoms with Gasteiger partial charge in [0.25, 0.3) is 0 Å². The van der Waals surface area contributed by atoms with Gasteiger partial charge in [-0.2, -0.15) is 0 Å². The molecule has 1 aliphatic rings. The zero-order valence-electron chi connectivity index (χ0n) is 13.1. The van der Waals surface area contributed by atoms with Crippen LogP contribution in [-0.4, -0.2) is 38.0 Å². The number of rotatable bonds is 7. The Morgan fingerprint density at radius 2 is 2.05 bits per heavy atom. The number of piperidine rings is 1. The van der Waals surface area contributed by atoms with Gasteiger partial charge >= 0.3 is 0 Å². The van der Waals surface area contributed by atoms with Gasteiger partial charge in [0.15, 0.2) is 0 Å². The summed E-state index contributed by atoms with van der Waals surface area (Å²) in [5.41, 5.74) is -0.285. The average molecular weight is 283 g/mol. The van der Waals surface area contributed by atoms with Gasteiger partial charge in [-0.3, -0.25) is 9.59 Å². The van der Waals surface area contributed by atoms with Gasteiger partial charge in [0.1, 0.15) is 0 Å². The van der Waals surface area contributed by atoms with Crippen molar-refractivity contribution in [3.8, 4) is 0 Å². The minimum Gasteiger partial charge on any atom is -0.356 e. The SMILES string of the molecule is CCC1(C(=O)NCCC(=O)NCC(C)C)CCCNC1. The van der Waals surface area contributed by atoms with Crippen LogP contribution in [0.25, 0.3) is 0 Å². The fourth-order valence-corrected chi connectivity index (χ4v) is 2.51. The fraction of sp³-hybridized carbons (Fsp3) is 0.867. The van der Waals surface area contributed by atoms with Crippen molar-refractivity contribution in [1.29, 1.82) is 0 Å². The van der Waals surface area contributed by atoms with Crippen molar-refractivity contribution in [2.24, 2.45) is 11.3 Å². The lowest BCUT2D eigenvalue weighted by atomic mass is 9.77. The van der Waals surface area contributed by atoms with Gasteiger partial charge in [-0.1, -0.05) is 20.8 Å². The highest BCUT2D eigenvalue weighted by Gasteiger charge is 2.37. The standard InChI is InChI=1S/C15H29N3O2/c1-4-15(7-5-8-16-11-15)14(20)17-9-6-13(19)18-10-12(2)3/h12,16H,4-11H2,1-3H3,(H,17,20)(H,18,19). The number of hydrogen-bond acceptors (Lipinski definition) is 3. The Morgan fingerprint density at radius 3 is 2.60 bits per heavy atom. The largest absolute Gasteiger partial charge is 0.356 e. The second-order valence-corrected chi connectivity index (χ2v) is 6.12. The lowest BCUT2D eigenvalue weighted by Crippen LogP contribution is -2.50. The van der Waals surface area contributed by atoms with Crippen molar-refractivity contribution in [2.45, 2.75) is 46.5 Å². The van der Waals surface area contributed by atoms with E-state index in [0.29, 0.717) is 25.4 Å². The van der Waals surface area contributed by atoms with Gasteiger partial charge in [-0.05, 0) is 31.7 Å². The van der Waals surface area contributed by atoms with Crippen LogP contribution in [0, 0.1) is 11.3 Å². The molecule has 3 N–H and O–H groups in total. The fourth-order valence-electron chi connectivity index (χ4n) is 2.51. The topological polar surface area (TPSA) is 70.2 Å². The molecule has 1 heterocycles. The Kier molecular flexibility index (Phi) is 6.99. The zero-order chi connectivity index (χ0) is 15.0. The molecule has 1 saturated heterocycles.